The molecule has 0 bridgehead atoms. The number of rotatable bonds is 3. The van der Waals surface area contributed by atoms with E-state index < -0.39 is 0 Å². The zero-order chi connectivity index (χ0) is 14.3. The summed E-state index contributed by atoms with van der Waals surface area (Å²) in [5.41, 5.74) is 0.942. The van der Waals surface area contributed by atoms with Gasteiger partial charge in [0.25, 0.3) is 5.56 Å². The largest absolute Gasteiger partial charge is 0.309 e. The van der Waals surface area contributed by atoms with Crippen LogP contribution in [0.2, 0.25) is 0 Å². The minimum Gasteiger partial charge on any atom is -0.309 e. The Morgan fingerprint density at radius 3 is 2.90 bits per heavy atom. The second kappa shape index (κ2) is 5.02. The predicted octanol–water partition coefficient (Wildman–Crippen LogP) is 2.57. The Morgan fingerprint density at radius 1 is 1.40 bits per heavy atom. The molecule has 8 heteroatoms. The fourth-order valence-corrected chi connectivity index (χ4v) is 3.75. The standard InChI is InChI=1S/C12H13N5OS2/c1-5-6(2)19-11-8(5)10(18)15-9(16-11)7(3)20-12-13-4-14-17-12/h4,7H,1-3H3,(H,13,14,17)(H,15,16,18)/t7-/m1/s1. The number of thioether (sulfide) groups is 1. The highest BCUT2D eigenvalue weighted by Crippen LogP contribution is 2.32. The topological polar surface area (TPSA) is 87.3 Å². The maximum absolute atomic E-state index is 12.2. The van der Waals surface area contributed by atoms with Crippen LogP contribution in [0.25, 0.3) is 10.2 Å². The lowest BCUT2D eigenvalue weighted by molar-refractivity contribution is 0.906. The van der Waals surface area contributed by atoms with E-state index in [1.54, 1.807) is 11.3 Å². The van der Waals surface area contributed by atoms with Gasteiger partial charge in [-0.15, -0.1) is 11.3 Å². The molecule has 0 radical (unpaired) electrons. The molecule has 0 saturated carbocycles. The van der Waals surface area contributed by atoms with E-state index in [1.807, 2.05) is 20.8 Å². The Bertz CT molecular complexity index is 805. The minimum absolute atomic E-state index is 0.0113. The Morgan fingerprint density at radius 2 is 2.20 bits per heavy atom. The van der Waals surface area contributed by atoms with Crippen LogP contribution in [0.4, 0.5) is 0 Å². The molecule has 0 amide bonds. The van der Waals surface area contributed by atoms with Gasteiger partial charge < -0.3 is 4.98 Å². The number of fused-ring (bicyclic) bond motifs is 1. The van der Waals surface area contributed by atoms with Crippen molar-refractivity contribution in [1.29, 1.82) is 0 Å². The molecule has 20 heavy (non-hydrogen) atoms. The molecule has 3 rings (SSSR count). The molecule has 0 saturated heterocycles. The number of aromatic amines is 2. The van der Waals surface area contributed by atoms with Crippen molar-refractivity contribution in [2.75, 3.05) is 0 Å². The summed E-state index contributed by atoms with van der Waals surface area (Å²) >= 11 is 3.03. The van der Waals surface area contributed by atoms with Crippen LogP contribution in [0.5, 0.6) is 0 Å². The van der Waals surface area contributed by atoms with E-state index >= 15 is 0 Å². The number of nitrogens with one attached hydrogen (secondary N) is 2. The molecule has 0 aliphatic rings. The van der Waals surface area contributed by atoms with Crippen molar-refractivity contribution < 1.29 is 0 Å². The molecular formula is C12H13N5OS2. The van der Waals surface area contributed by atoms with Gasteiger partial charge in [-0.25, -0.2) is 9.97 Å². The Balaban J connectivity index is 2.02. The molecular weight excluding hydrogens is 294 g/mol. The van der Waals surface area contributed by atoms with Gasteiger partial charge in [0.15, 0.2) is 5.16 Å². The predicted molar refractivity (Wildman–Crippen MR) is 80.4 cm³/mol. The number of H-pyrrole nitrogens is 2. The van der Waals surface area contributed by atoms with E-state index in [9.17, 15) is 4.79 Å². The van der Waals surface area contributed by atoms with Crippen LogP contribution >= 0.6 is 23.1 Å². The van der Waals surface area contributed by atoms with Gasteiger partial charge in [-0.1, -0.05) is 11.8 Å². The van der Waals surface area contributed by atoms with E-state index in [0.29, 0.717) is 16.4 Å². The number of aryl methyl sites for hydroxylation is 2. The van der Waals surface area contributed by atoms with E-state index in [4.69, 9.17) is 0 Å². The second-order valence-corrected chi connectivity index (χ2v) is 7.00. The van der Waals surface area contributed by atoms with Crippen molar-refractivity contribution in [3.05, 3.63) is 32.9 Å². The third-order valence-electron chi connectivity index (χ3n) is 3.12. The summed E-state index contributed by atoms with van der Waals surface area (Å²) in [6.45, 7) is 5.94. The molecule has 0 spiro atoms. The molecule has 0 aromatic carbocycles. The van der Waals surface area contributed by atoms with Gasteiger partial charge in [-0.05, 0) is 26.3 Å². The zero-order valence-corrected chi connectivity index (χ0v) is 12.9. The Kier molecular flexibility index (Phi) is 3.35. The summed E-state index contributed by atoms with van der Waals surface area (Å²) < 4.78 is 0. The fraction of sp³-hybridized carbons (Fsp3) is 0.333. The summed E-state index contributed by atoms with van der Waals surface area (Å²) in [6, 6.07) is 0. The highest BCUT2D eigenvalue weighted by molar-refractivity contribution is 7.99. The van der Waals surface area contributed by atoms with E-state index in [1.165, 1.54) is 18.1 Å². The molecule has 0 fully saturated rings. The number of hydrogen-bond acceptors (Lipinski definition) is 6. The van der Waals surface area contributed by atoms with Gasteiger partial charge in [0.05, 0.1) is 10.6 Å². The summed E-state index contributed by atoms with van der Waals surface area (Å²) in [6.07, 6.45) is 1.46. The second-order valence-electron chi connectivity index (χ2n) is 4.47. The van der Waals surface area contributed by atoms with Gasteiger partial charge in [-0.3, -0.25) is 9.89 Å². The molecule has 6 nitrogen and oxygen atoms in total. The highest BCUT2D eigenvalue weighted by Gasteiger charge is 2.16. The molecule has 3 aromatic rings. The van der Waals surface area contributed by atoms with Gasteiger partial charge in [0.1, 0.15) is 17.0 Å². The third-order valence-corrected chi connectivity index (χ3v) is 5.22. The van der Waals surface area contributed by atoms with Crippen LogP contribution in [-0.4, -0.2) is 25.1 Å². The number of hydrogen-bond donors (Lipinski definition) is 2. The van der Waals surface area contributed by atoms with Crippen LogP contribution in [0, 0.1) is 13.8 Å². The lowest BCUT2D eigenvalue weighted by Crippen LogP contribution is -2.12. The molecule has 104 valence electrons. The lowest BCUT2D eigenvalue weighted by Gasteiger charge is -2.08. The number of thiophene rings is 1. The van der Waals surface area contributed by atoms with Crippen molar-refractivity contribution in [2.24, 2.45) is 0 Å². The molecule has 3 aromatic heterocycles. The Labute approximate surface area is 123 Å². The van der Waals surface area contributed by atoms with Gasteiger partial charge >= 0.3 is 0 Å². The molecule has 2 N–H and O–H groups in total. The van der Waals surface area contributed by atoms with E-state index in [0.717, 1.165) is 15.3 Å². The van der Waals surface area contributed by atoms with Gasteiger partial charge in [0.2, 0.25) is 0 Å². The first kappa shape index (κ1) is 13.3. The lowest BCUT2D eigenvalue weighted by atomic mass is 10.2. The molecule has 0 aliphatic heterocycles. The van der Waals surface area contributed by atoms with Crippen LogP contribution in [0.3, 0.4) is 0 Å². The SMILES string of the molecule is Cc1sc2nc([C@@H](C)Sc3ncn[nH]3)[nH]c(=O)c2c1C. The number of aromatic nitrogens is 5. The fourth-order valence-electron chi connectivity index (χ4n) is 1.94. The van der Waals surface area contributed by atoms with Crippen LogP contribution in [0.15, 0.2) is 16.3 Å². The molecule has 3 heterocycles. The number of nitrogens with zero attached hydrogens (tertiary/aromatic N) is 3. The maximum atomic E-state index is 12.2. The highest BCUT2D eigenvalue weighted by atomic mass is 32.2. The van der Waals surface area contributed by atoms with Gasteiger partial charge in [0, 0.05) is 4.88 Å². The van der Waals surface area contributed by atoms with E-state index in [2.05, 4.69) is 25.1 Å². The van der Waals surface area contributed by atoms with Crippen molar-refractivity contribution in [1.82, 2.24) is 25.1 Å². The van der Waals surface area contributed by atoms with Crippen molar-refractivity contribution in [3.63, 3.8) is 0 Å². The first-order valence-corrected chi connectivity index (χ1v) is 7.78. The molecule has 1 atom stereocenters. The Hall–Kier alpha value is -1.67. The maximum Gasteiger partial charge on any atom is 0.259 e. The molecule has 0 unspecified atom stereocenters. The summed E-state index contributed by atoms with van der Waals surface area (Å²) in [5.74, 6) is 0.658. The average molecular weight is 307 g/mol. The molecule has 0 aliphatic carbocycles. The third kappa shape index (κ3) is 2.25. The van der Waals surface area contributed by atoms with Crippen LogP contribution in [-0.2, 0) is 0 Å². The van der Waals surface area contributed by atoms with Crippen molar-refractivity contribution >= 4 is 33.3 Å². The van der Waals surface area contributed by atoms with Crippen LogP contribution in [0.1, 0.15) is 28.4 Å². The van der Waals surface area contributed by atoms with E-state index in [-0.39, 0.29) is 10.8 Å². The van der Waals surface area contributed by atoms with Gasteiger partial charge in [-0.2, -0.15) is 5.10 Å². The normalized spacial score (nSPS) is 12.9. The zero-order valence-electron chi connectivity index (χ0n) is 11.2. The smallest absolute Gasteiger partial charge is 0.259 e. The summed E-state index contributed by atoms with van der Waals surface area (Å²) in [7, 11) is 0. The average Bonchev–Trinajstić information content (AvgIpc) is 2.99. The monoisotopic (exact) mass is 307 g/mol. The summed E-state index contributed by atoms with van der Waals surface area (Å²) in [4.78, 5) is 25.6. The first-order valence-electron chi connectivity index (χ1n) is 6.08. The first-order chi connectivity index (χ1) is 9.56. The van der Waals surface area contributed by atoms with Crippen molar-refractivity contribution in [3.8, 4) is 0 Å². The quantitative estimate of drug-likeness (QED) is 0.726. The van der Waals surface area contributed by atoms with Crippen molar-refractivity contribution in [2.45, 2.75) is 31.2 Å². The van der Waals surface area contributed by atoms with Crippen LogP contribution < -0.4 is 5.56 Å². The summed E-state index contributed by atoms with van der Waals surface area (Å²) in [5, 5.41) is 7.99. The minimum atomic E-state index is -0.0723.